The van der Waals surface area contributed by atoms with E-state index in [0.29, 0.717) is 11.7 Å². The number of aromatic nitrogens is 2. The second-order valence-electron chi connectivity index (χ2n) is 4.19. The molecule has 2 rings (SSSR count). The summed E-state index contributed by atoms with van der Waals surface area (Å²) in [6.07, 6.45) is 0.977. The fourth-order valence-electron chi connectivity index (χ4n) is 1.67. The van der Waals surface area contributed by atoms with Gasteiger partial charge in [-0.2, -0.15) is 0 Å². The van der Waals surface area contributed by atoms with Crippen molar-refractivity contribution < 1.29 is 0 Å². The van der Waals surface area contributed by atoms with E-state index < -0.39 is 0 Å². The summed E-state index contributed by atoms with van der Waals surface area (Å²) in [6, 6.07) is 11.3. The molecule has 0 radical (unpaired) electrons. The zero-order chi connectivity index (χ0) is 12.3. The van der Waals surface area contributed by atoms with Crippen LogP contribution >= 0.6 is 0 Å². The lowest BCUT2D eigenvalue weighted by Gasteiger charge is -2.09. The molecule has 0 aliphatic heterocycles. The molecule has 1 aromatic heterocycles. The molecule has 3 heteroatoms. The minimum absolute atomic E-state index is 0.0887. The normalized spacial score (nSPS) is 12.4. The van der Waals surface area contributed by atoms with Crippen LogP contribution in [0.1, 0.15) is 31.9 Å². The number of aromatic amines is 1. The van der Waals surface area contributed by atoms with E-state index in [9.17, 15) is 4.79 Å². The van der Waals surface area contributed by atoms with Crippen LogP contribution in [-0.2, 0) is 0 Å². The van der Waals surface area contributed by atoms with Crippen LogP contribution in [0.5, 0.6) is 0 Å². The molecule has 0 amide bonds. The Bertz CT molecular complexity index is 546. The highest BCUT2D eigenvalue weighted by atomic mass is 16.1. The third kappa shape index (κ3) is 2.61. The lowest BCUT2D eigenvalue weighted by atomic mass is 10.0. The van der Waals surface area contributed by atoms with E-state index in [0.717, 1.165) is 17.7 Å². The van der Waals surface area contributed by atoms with Gasteiger partial charge in [-0.3, -0.25) is 4.79 Å². The molecule has 2 aromatic rings. The van der Waals surface area contributed by atoms with Gasteiger partial charge in [0, 0.05) is 11.6 Å². The number of benzene rings is 1. The summed E-state index contributed by atoms with van der Waals surface area (Å²) in [5.74, 6) is 0.952. The van der Waals surface area contributed by atoms with Crippen molar-refractivity contribution in [3.05, 3.63) is 52.4 Å². The highest BCUT2D eigenvalue weighted by Crippen LogP contribution is 2.18. The molecule has 1 atom stereocenters. The Kier molecular flexibility index (Phi) is 3.38. The molecule has 0 spiro atoms. The Morgan fingerprint density at radius 2 is 2.00 bits per heavy atom. The quantitative estimate of drug-likeness (QED) is 0.877. The summed E-state index contributed by atoms with van der Waals surface area (Å²) in [6.45, 7) is 4.17. The number of nitrogens with zero attached hydrogens (tertiary/aromatic N) is 1. The van der Waals surface area contributed by atoms with Crippen molar-refractivity contribution in [2.24, 2.45) is 0 Å². The smallest absolute Gasteiger partial charge is 0.251 e. The number of H-pyrrole nitrogens is 1. The monoisotopic (exact) mass is 228 g/mol. The van der Waals surface area contributed by atoms with Crippen molar-refractivity contribution in [3.8, 4) is 11.4 Å². The fraction of sp³-hybridized carbons (Fsp3) is 0.286. The molecule has 0 fully saturated rings. The van der Waals surface area contributed by atoms with Gasteiger partial charge in [0.25, 0.3) is 5.56 Å². The van der Waals surface area contributed by atoms with Gasteiger partial charge in [0.1, 0.15) is 5.82 Å². The zero-order valence-corrected chi connectivity index (χ0v) is 10.1. The van der Waals surface area contributed by atoms with Gasteiger partial charge in [0.2, 0.25) is 0 Å². The first kappa shape index (κ1) is 11.6. The van der Waals surface area contributed by atoms with Gasteiger partial charge in [0.05, 0.1) is 5.69 Å². The van der Waals surface area contributed by atoms with E-state index in [-0.39, 0.29) is 5.56 Å². The molecule has 0 saturated heterocycles. The lowest BCUT2D eigenvalue weighted by Crippen LogP contribution is -2.11. The first-order valence-corrected chi connectivity index (χ1v) is 5.87. The number of hydrogen-bond donors (Lipinski definition) is 1. The van der Waals surface area contributed by atoms with Gasteiger partial charge in [-0.25, -0.2) is 4.98 Å². The molecule has 1 heterocycles. The van der Waals surface area contributed by atoms with Crippen LogP contribution in [0.2, 0.25) is 0 Å². The van der Waals surface area contributed by atoms with E-state index >= 15 is 0 Å². The standard InChI is InChI=1S/C14H16N2O/c1-3-10(2)12-9-13(17)16-14(15-12)11-7-5-4-6-8-11/h4-10H,3H2,1-2H3,(H,15,16,17). The summed E-state index contributed by atoms with van der Waals surface area (Å²) in [5.41, 5.74) is 1.71. The van der Waals surface area contributed by atoms with Gasteiger partial charge in [0.15, 0.2) is 0 Å². The summed E-state index contributed by atoms with van der Waals surface area (Å²) in [5, 5.41) is 0. The molecular weight excluding hydrogens is 212 g/mol. The molecule has 0 saturated carbocycles. The zero-order valence-electron chi connectivity index (χ0n) is 10.1. The van der Waals surface area contributed by atoms with Gasteiger partial charge in [-0.05, 0) is 12.3 Å². The second kappa shape index (κ2) is 4.95. The van der Waals surface area contributed by atoms with E-state index in [1.807, 2.05) is 30.3 Å². The largest absolute Gasteiger partial charge is 0.307 e. The Morgan fingerprint density at radius 3 is 2.65 bits per heavy atom. The number of rotatable bonds is 3. The maximum Gasteiger partial charge on any atom is 0.251 e. The van der Waals surface area contributed by atoms with Crippen LogP contribution in [0.25, 0.3) is 11.4 Å². The molecule has 1 aromatic carbocycles. The van der Waals surface area contributed by atoms with Crippen LogP contribution in [0.15, 0.2) is 41.2 Å². The summed E-state index contributed by atoms with van der Waals surface area (Å²) >= 11 is 0. The molecule has 0 aliphatic carbocycles. The molecule has 3 nitrogen and oxygen atoms in total. The van der Waals surface area contributed by atoms with Crippen molar-refractivity contribution in [3.63, 3.8) is 0 Å². The fourth-order valence-corrected chi connectivity index (χ4v) is 1.67. The van der Waals surface area contributed by atoms with Crippen LogP contribution in [0.3, 0.4) is 0 Å². The van der Waals surface area contributed by atoms with Gasteiger partial charge >= 0.3 is 0 Å². The van der Waals surface area contributed by atoms with Gasteiger partial charge in [-0.15, -0.1) is 0 Å². The van der Waals surface area contributed by atoms with E-state index in [1.54, 1.807) is 6.07 Å². The minimum Gasteiger partial charge on any atom is -0.307 e. The second-order valence-corrected chi connectivity index (χ2v) is 4.19. The maximum atomic E-state index is 11.6. The highest BCUT2D eigenvalue weighted by molar-refractivity contribution is 5.54. The van der Waals surface area contributed by atoms with Crippen LogP contribution in [0.4, 0.5) is 0 Å². The Labute approximate surface area is 101 Å². The third-order valence-electron chi connectivity index (χ3n) is 2.93. The maximum absolute atomic E-state index is 11.6. The first-order valence-electron chi connectivity index (χ1n) is 5.87. The first-order chi connectivity index (χ1) is 8.20. The van der Waals surface area contributed by atoms with Crippen molar-refractivity contribution in [1.82, 2.24) is 9.97 Å². The average molecular weight is 228 g/mol. The Hall–Kier alpha value is -1.90. The van der Waals surface area contributed by atoms with Gasteiger partial charge in [-0.1, -0.05) is 44.2 Å². The molecular formula is C14H16N2O. The molecule has 88 valence electrons. The third-order valence-corrected chi connectivity index (χ3v) is 2.93. The summed E-state index contributed by atoms with van der Waals surface area (Å²) in [7, 11) is 0. The molecule has 1 unspecified atom stereocenters. The predicted molar refractivity (Wildman–Crippen MR) is 69.0 cm³/mol. The van der Waals surface area contributed by atoms with Crippen LogP contribution in [0, 0.1) is 0 Å². The van der Waals surface area contributed by atoms with Crippen molar-refractivity contribution in [2.45, 2.75) is 26.2 Å². The SMILES string of the molecule is CCC(C)c1cc(=O)[nH]c(-c2ccccc2)n1. The van der Waals surface area contributed by atoms with E-state index in [1.165, 1.54) is 0 Å². The van der Waals surface area contributed by atoms with Crippen molar-refractivity contribution in [1.29, 1.82) is 0 Å². The van der Waals surface area contributed by atoms with Crippen molar-refractivity contribution >= 4 is 0 Å². The highest BCUT2D eigenvalue weighted by Gasteiger charge is 2.08. The lowest BCUT2D eigenvalue weighted by molar-refractivity contribution is 0.704. The molecule has 1 N–H and O–H groups in total. The molecule has 0 aliphatic rings. The predicted octanol–water partition coefficient (Wildman–Crippen LogP) is 2.95. The minimum atomic E-state index is -0.0887. The van der Waals surface area contributed by atoms with E-state index in [4.69, 9.17) is 0 Å². The summed E-state index contributed by atoms with van der Waals surface area (Å²) < 4.78 is 0. The Morgan fingerprint density at radius 1 is 1.29 bits per heavy atom. The molecule has 17 heavy (non-hydrogen) atoms. The topological polar surface area (TPSA) is 45.8 Å². The van der Waals surface area contributed by atoms with Crippen LogP contribution < -0.4 is 5.56 Å². The van der Waals surface area contributed by atoms with Gasteiger partial charge < -0.3 is 4.98 Å². The summed E-state index contributed by atoms with van der Waals surface area (Å²) in [4.78, 5) is 18.9. The van der Waals surface area contributed by atoms with Crippen molar-refractivity contribution in [2.75, 3.05) is 0 Å². The van der Waals surface area contributed by atoms with E-state index in [2.05, 4.69) is 23.8 Å². The number of hydrogen-bond acceptors (Lipinski definition) is 2. The van der Waals surface area contributed by atoms with Crippen LogP contribution in [-0.4, -0.2) is 9.97 Å². The molecule has 0 bridgehead atoms. The number of nitrogens with one attached hydrogen (secondary N) is 1. The average Bonchev–Trinajstić information content (AvgIpc) is 2.38. The Balaban J connectivity index is 2.49.